The lowest BCUT2D eigenvalue weighted by Crippen LogP contribution is -1.97. The van der Waals surface area contributed by atoms with Crippen LogP contribution in [0.25, 0.3) is 6.08 Å². The van der Waals surface area contributed by atoms with Crippen LogP contribution in [-0.4, -0.2) is 15.6 Å². The van der Waals surface area contributed by atoms with Gasteiger partial charge in [-0.3, -0.25) is 0 Å². The third-order valence-electron chi connectivity index (χ3n) is 1.80. The summed E-state index contributed by atoms with van der Waals surface area (Å²) in [4.78, 5) is 10.5. The molecule has 4 nitrogen and oxygen atoms in total. The second kappa shape index (κ2) is 4.28. The summed E-state index contributed by atoms with van der Waals surface area (Å²) in [6.07, 6.45) is 4.98. The van der Waals surface area contributed by atoms with E-state index in [2.05, 4.69) is 0 Å². The van der Waals surface area contributed by atoms with Gasteiger partial charge in [0.15, 0.2) is 0 Å². The van der Waals surface area contributed by atoms with E-state index in [9.17, 15) is 4.79 Å². The van der Waals surface area contributed by atoms with Crippen LogP contribution < -0.4 is 0 Å². The second-order valence-electron chi connectivity index (χ2n) is 2.75. The summed E-state index contributed by atoms with van der Waals surface area (Å²) in [5.74, 6) is -1.20. The average Bonchev–Trinajstić information content (AvgIpc) is 2.61. The van der Waals surface area contributed by atoms with Crippen LogP contribution in [0.2, 0.25) is 0 Å². The number of hydrogen-bond acceptors (Lipinski definition) is 2. The number of nitrogens with zero attached hydrogens (tertiary/aromatic N) is 2. The number of carboxylic acid groups (broad SMARTS) is 1. The van der Waals surface area contributed by atoms with Gasteiger partial charge >= 0.3 is 5.97 Å². The molecule has 1 rings (SSSR count). The van der Waals surface area contributed by atoms with Crippen molar-refractivity contribution in [3.63, 3.8) is 0 Å². The molecule has 0 aromatic carbocycles. The topological polar surface area (TPSA) is 66.0 Å². The van der Waals surface area contributed by atoms with E-state index < -0.39 is 5.97 Å². The lowest BCUT2D eigenvalue weighted by molar-refractivity contribution is -0.132. The summed E-state index contributed by atoms with van der Waals surface area (Å²) in [6.45, 7) is 2.80. The van der Waals surface area contributed by atoms with Gasteiger partial charge in [-0.05, 0) is 24.6 Å². The Morgan fingerprint density at radius 2 is 2.50 bits per heavy atom. The molecule has 1 aromatic heterocycles. The fraction of sp³-hybridized carbons (Fsp3) is 0.200. The van der Waals surface area contributed by atoms with Crippen LogP contribution in [0, 0.1) is 11.3 Å². The molecule has 0 spiro atoms. The molecule has 0 radical (unpaired) electrons. The van der Waals surface area contributed by atoms with Crippen molar-refractivity contribution in [2.45, 2.75) is 13.5 Å². The summed E-state index contributed by atoms with van der Waals surface area (Å²) >= 11 is 0. The molecule has 0 fully saturated rings. The smallest absolute Gasteiger partial charge is 0.346 e. The number of rotatable bonds is 3. The van der Waals surface area contributed by atoms with E-state index >= 15 is 0 Å². The monoisotopic (exact) mass is 190 g/mol. The molecule has 14 heavy (non-hydrogen) atoms. The highest BCUT2D eigenvalue weighted by molar-refractivity contribution is 5.96. The molecule has 4 heteroatoms. The van der Waals surface area contributed by atoms with Gasteiger partial charge in [-0.1, -0.05) is 0 Å². The molecule has 0 unspecified atom stereocenters. The van der Waals surface area contributed by atoms with Crippen LogP contribution in [0.3, 0.4) is 0 Å². The van der Waals surface area contributed by atoms with Gasteiger partial charge in [0.25, 0.3) is 0 Å². The zero-order chi connectivity index (χ0) is 10.6. The minimum atomic E-state index is -1.20. The molecule has 0 saturated heterocycles. The molecule has 0 atom stereocenters. The quantitative estimate of drug-likeness (QED) is 0.580. The molecule has 0 amide bonds. The Bertz CT molecular complexity index is 410. The Kier molecular flexibility index (Phi) is 3.08. The highest BCUT2D eigenvalue weighted by Crippen LogP contribution is 2.07. The van der Waals surface area contributed by atoms with Crippen molar-refractivity contribution < 1.29 is 9.90 Å². The molecule has 0 aliphatic carbocycles. The predicted molar refractivity (Wildman–Crippen MR) is 51.3 cm³/mol. The van der Waals surface area contributed by atoms with Gasteiger partial charge in [0.1, 0.15) is 11.6 Å². The molecular weight excluding hydrogens is 180 g/mol. The first kappa shape index (κ1) is 10.1. The van der Waals surface area contributed by atoms with Crippen molar-refractivity contribution in [3.05, 3.63) is 29.6 Å². The van der Waals surface area contributed by atoms with E-state index in [1.807, 2.05) is 17.7 Å². The van der Waals surface area contributed by atoms with Gasteiger partial charge in [0.05, 0.1) is 0 Å². The third-order valence-corrected chi connectivity index (χ3v) is 1.80. The molecule has 72 valence electrons. The van der Waals surface area contributed by atoms with E-state index in [4.69, 9.17) is 10.4 Å². The Labute approximate surface area is 81.7 Å². The number of carbonyl (C=O) groups is 1. The van der Waals surface area contributed by atoms with Crippen LogP contribution in [-0.2, 0) is 11.3 Å². The number of aryl methyl sites for hydroxylation is 1. The maximum Gasteiger partial charge on any atom is 0.346 e. The van der Waals surface area contributed by atoms with Gasteiger partial charge in [0.2, 0.25) is 0 Å². The van der Waals surface area contributed by atoms with Crippen molar-refractivity contribution in [3.8, 4) is 6.07 Å². The maximum absolute atomic E-state index is 10.5. The lowest BCUT2D eigenvalue weighted by Gasteiger charge is -1.92. The van der Waals surface area contributed by atoms with Gasteiger partial charge in [0, 0.05) is 18.9 Å². The van der Waals surface area contributed by atoms with Gasteiger partial charge in [-0.2, -0.15) is 5.26 Å². The summed E-state index contributed by atoms with van der Waals surface area (Å²) in [6, 6.07) is 3.40. The lowest BCUT2D eigenvalue weighted by atomic mass is 10.2. The summed E-state index contributed by atoms with van der Waals surface area (Å²) < 4.78 is 1.91. The Balaban J connectivity index is 2.96. The molecule has 0 aliphatic rings. The van der Waals surface area contributed by atoms with E-state index in [1.165, 1.54) is 6.08 Å². The zero-order valence-corrected chi connectivity index (χ0v) is 7.77. The summed E-state index contributed by atoms with van der Waals surface area (Å²) in [7, 11) is 0. The third kappa shape index (κ3) is 2.23. The maximum atomic E-state index is 10.5. The van der Waals surface area contributed by atoms with Crippen molar-refractivity contribution in [2.75, 3.05) is 0 Å². The number of aliphatic carboxylic acids is 1. The predicted octanol–water partition coefficient (Wildman–Crippen LogP) is 1.50. The molecule has 1 N–H and O–H groups in total. The molecule has 0 bridgehead atoms. The van der Waals surface area contributed by atoms with E-state index in [0.717, 1.165) is 12.1 Å². The molecule has 0 aliphatic heterocycles. The van der Waals surface area contributed by atoms with Gasteiger partial charge in [-0.15, -0.1) is 0 Å². The first-order valence-corrected chi connectivity index (χ1v) is 4.18. The Morgan fingerprint density at radius 1 is 1.79 bits per heavy atom. The largest absolute Gasteiger partial charge is 0.477 e. The fourth-order valence-electron chi connectivity index (χ4n) is 1.05. The summed E-state index contributed by atoms with van der Waals surface area (Å²) in [5, 5.41) is 17.1. The highest BCUT2D eigenvalue weighted by atomic mass is 16.4. The highest BCUT2D eigenvalue weighted by Gasteiger charge is 2.05. The van der Waals surface area contributed by atoms with Crippen molar-refractivity contribution in [1.29, 1.82) is 5.26 Å². The van der Waals surface area contributed by atoms with Crippen molar-refractivity contribution in [2.24, 2.45) is 0 Å². The number of aromatic nitrogens is 1. The van der Waals surface area contributed by atoms with Crippen LogP contribution >= 0.6 is 0 Å². The average molecular weight is 190 g/mol. The Morgan fingerprint density at radius 3 is 2.93 bits per heavy atom. The minimum absolute atomic E-state index is 0.251. The first-order valence-electron chi connectivity index (χ1n) is 4.18. The van der Waals surface area contributed by atoms with Crippen LogP contribution in [0.5, 0.6) is 0 Å². The van der Waals surface area contributed by atoms with Gasteiger partial charge in [-0.25, -0.2) is 4.79 Å². The molecular formula is C10H10N2O2. The molecule has 0 saturated carbocycles. The molecule has 1 heterocycles. The molecule has 1 aromatic rings. The van der Waals surface area contributed by atoms with E-state index in [-0.39, 0.29) is 5.57 Å². The van der Waals surface area contributed by atoms with E-state index in [1.54, 1.807) is 18.3 Å². The standard InChI is InChI=1S/C10H10N2O2/c1-2-12-4-3-8(7-12)5-9(6-11)10(13)14/h3-5,7H,2H2,1H3,(H,13,14)/b9-5+. The Hall–Kier alpha value is -2.02. The van der Waals surface area contributed by atoms with E-state index in [0.29, 0.717) is 0 Å². The number of nitriles is 1. The van der Waals surface area contributed by atoms with Crippen LogP contribution in [0.15, 0.2) is 24.0 Å². The first-order chi connectivity index (χ1) is 6.67. The van der Waals surface area contributed by atoms with Crippen LogP contribution in [0.4, 0.5) is 0 Å². The summed E-state index contributed by atoms with van der Waals surface area (Å²) in [5.41, 5.74) is 0.477. The normalized spacial score (nSPS) is 11.0. The minimum Gasteiger partial charge on any atom is -0.477 e. The van der Waals surface area contributed by atoms with Crippen LogP contribution in [0.1, 0.15) is 12.5 Å². The second-order valence-corrected chi connectivity index (χ2v) is 2.75. The van der Waals surface area contributed by atoms with Crippen molar-refractivity contribution in [1.82, 2.24) is 4.57 Å². The number of carboxylic acids is 1. The fourth-order valence-corrected chi connectivity index (χ4v) is 1.05. The zero-order valence-electron chi connectivity index (χ0n) is 7.77. The number of hydrogen-bond donors (Lipinski definition) is 1. The van der Waals surface area contributed by atoms with Gasteiger partial charge < -0.3 is 9.67 Å². The SMILES string of the molecule is CCn1ccc(/C=C(\C#N)C(=O)O)c1. The van der Waals surface area contributed by atoms with Crippen molar-refractivity contribution >= 4 is 12.0 Å².